The molecule has 3 heteroatoms. The molecule has 2 nitrogen and oxygen atoms in total. The van der Waals surface area contributed by atoms with E-state index in [-0.39, 0.29) is 5.91 Å². The Labute approximate surface area is 113 Å². The Balaban J connectivity index is 2.10. The minimum Gasteiger partial charge on any atom is -0.321 e. The second kappa shape index (κ2) is 4.42. The van der Waals surface area contributed by atoms with Gasteiger partial charge in [0, 0.05) is 21.3 Å². The number of para-hydroxylation sites is 1. The lowest BCUT2D eigenvalue weighted by Gasteiger charge is -1.99. The molecule has 0 unspecified atom stereocenters. The maximum atomic E-state index is 11.9. The standard InChI is InChI=1S/C15H10BrNO/c16-11-5-3-4-10(8-11)9-13-12-6-1-2-7-14(12)17-15(13)18/h1-9H,(H,17,18)/b13-9+. The van der Waals surface area contributed by atoms with Crippen molar-refractivity contribution >= 4 is 39.2 Å². The van der Waals surface area contributed by atoms with E-state index in [2.05, 4.69) is 21.2 Å². The Kier molecular flexibility index (Phi) is 2.76. The van der Waals surface area contributed by atoms with E-state index in [9.17, 15) is 4.79 Å². The van der Waals surface area contributed by atoms with Crippen molar-refractivity contribution in [3.05, 3.63) is 64.1 Å². The molecule has 1 heterocycles. The quantitative estimate of drug-likeness (QED) is 0.794. The molecule has 1 aliphatic heterocycles. The van der Waals surface area contributed by atoms with Crippen LogP contribution in [0.15, 0.2) is 53.0 Å². The highest BCUT2D eigenvalue weighted by Gasteiger charge is 2.22. The molecule has 0 atom stereocenters. The molecule has 0 bridgehead atoms. The first-order valence-electron chi connectivity index (χ1n) is 5.62. The van der Waals surface area contributed by atoms with Crippen molar-refractivity contribution in [3.63, 3.8) is 0 Å². The van der Waals surface area contributed by atoms with Crippen molar-refractivity contribution in [2.45, 2.75) is 0 Å². The van der Waals surface area contributed by atoms with Crippen LogP contribution in [0.25, 0.3) is 11.6 Å². The highest BCUT2D eigenvalue weighted by atomic mass is 79.9. The molecule has 0 fully saturated rings. The van der Waals surface area contributed by atoms with Gasteiger partial charge in [0.2, 0.25) is 0 Å². The number of amides is 1. The number of nitrogens with one attached hydrogen (secondary N) is 1. The number of anilines is 1. The summed E-state index contributed by atoms with van der Waals surface area (Å²) >= 11 is 3.43. The van der Waals surface area contributed by atoms with Gasteiger partial charge in [-0.1, -0.05) is 46.3 Å². The zero-order valence-electron chi connectivity index (χ0n) is 9.48. The highest BCUT2D eigenvalue weighted by molar-refractivity contribution is 9.10. The van der Waals surface area contributed by atoms with Crippen LogP contribution in [0.1, 0.15) is 11.1 Å². The van der Waals surface area contributed by atoms with Crippen LogP contribution >= 0.6 is 15.9 Å². The van der Waals surface area contributed by atoms with Gasteiger partial charge < -0.3 is 5.32 Å². The van der Waals surface area contributed by atoms with E-state index >= 15 is 0 Å². The van der Waals surface area contributed by atoms with Crippen LogP contribution in [0.5, 0.6) is 0 Å². The summed E-state index contributed by atoms with van der Waals surface area (Å²) in [5.41, 5.74) is 3.56. The van der Waals surface area contributed by atoms with Crippen LogP contribution in [0.4, 0.5) is 5.69 Å². The lowest BCUT2D eigenvalue weighted by atomic mass is 10.0. The average Bonchev–Trinajstić information content (AvgIpc) is 2.66. The molecule has 1 aliphatic rings. The lowest BCUT2D eigenvalue weighted by molar-refractivity contribution is -0.110. The third-order valence-corrected chi connectivity index (χ3v) is 3.36. The van der Waals surface area contributed by atoms with E-state index in [4.69, 9.17) is 0 Å². The summed E-state index contributed by atoms with van der Waals surface area (Å²) in [6, 6.07) is 15.6. The summed E-state index contributed by atoms with van der Waals surface area (Å²) in [5.74, 6) is -0.0452. The first-order chi connectivity index (χ1) is 8.74. The van der Waals surface area contributed by atoms with Gasteiger partial charge in [0.15, 0.2) is 0 Å². The molecule has 1 amide bonds. The fraction of sp³-hybridized carbons (Fsp3) is 0. The summed E-state index contributed by atoms with van der Waals surface area (Å²) in [5, 5.41) is 2.86. The molecular weight excluding hydrogens is 290 g/mol. The molecule has 18 heavy (non-hydrogen) atoms. The largest absolute Gasteiger partial charge is 0.321 e. The number of hydrogen-bond acceptors (Lipinski definition) is 1. The molecule has 0 radical (unpaired) electrons. The number of benzene rings is 2. The molecule has 0 saturated carbocycles. The third kappa shape index (κ3) is 1.97. The summed E-state index contributed by atoms with van der Waals surface area (Å²) in [6.07, 6.45) is 1.91. The van der Waals surface area contributed by atoms with Crippen LogP contribution < -0.4 is 5.32 Å². The summed E-state index contributed by atoms with van der Waals surface area (Å²) in [6.45, 7) is 0. The summed E-state index contributed by atoms with van der Waals surface area (Å²) in [7, 11) is 0. The molecule has 1 N–H and O–H groups in total. The molecular formula is C15H10BrNO. The Bertz CT molecular complexity index is 661. The summed E-state index contributed by atoms with van der Waals surface area (Å²) < 4.78 is 1.00. The minimum absolute atomic E-state index is 0.0452. The molecule has 0 aliphatic carbocycles. The van der Waals surface area contributed by atoms with E-state index in [1.807, 2.05) is 54.6 Å². The zero-order chi connectivity index (χ0) is 12.5. The van der Waals surface area contributed by atoms with Crippen LogP contribution in [-0.4, -0.2) is 5.91 Å². The molecule has 2 aromatic rings. The molecule has 88 valence electrons. The van der Waals surface area contributed by atoms with Gasteiger partial charge in [-0.25, -0.2) is 0 Å². The predicted octanol–water partition coefficient (Wildman–Crippen LogP) is 3.94. The number of carbonyl (C=O) groups is 1. The van der Waals surface area contributed by atoms with Gasteiger partial charge >= 0.3 is 0 Å². The minimum atomic E-state index is -0.0452. The van der Waals surface area contributed by atoms with E-state index < -0.39 is 0 Å². The van der Waals surface area contributed by atoms with Gasteiger partial charge in [-0.15, -0.1) is 0 Å². The smallest absolute Gasteiger partial charge is 0.256 e. The molecule has 0 aromatic heterocycles. The highest BCUT2D eigenvalue weighted by Crippen LogP contribution is 2.32. The van der Waals surface area contributed by atoms with Gasteiger partial charge in [0.1, 0.15) is 0 Å². The van der Waals surface area contributed by atoms with Crippen molar-refractivity contribution in [2.24, 2.45) is 0 Å². The second-order valence-corrected chi connectivity index (χ2v) is 5.03. The maximum Gasteiger partial charge on any atom is 0.256 e. The van der Waals surface area contributed by atoms with Gasteiger partial charge in [0.25, 0.3) is 5.91 Å². The number of rotatable bonds is 1. The van der Waals surface area contributed by atoms with E-state index in [0.717, 1.165) is 21.3 Å². The van der Waals surface area contributed by atoms with Gasteiger partial charge in [-0.3, -0.25) is 4.79 Å². The number of fused-ring (bicyclic) bond motifs is 1. The Morgan fingerprint density at radius 3 is 2.72 bits per heavy atom. The van der Waals surface area contributed by atoms with E-state index in [1.54, 1.807) is 0 Å². The number of halogens is 1. The van der Waals surface area contributed by atoms with E-state index in [0.29, 0.717) is 5.57 Å². The third-order valence-electron chi connectivity index (χ3n) is 2.87. The Morgan fingerprint density at radius 2 is 1.89 bits per heavy atom. The SMILES string of the molecule is O=C1Nc2ccccc2/C1=C\c1cccc(Br)c1. The maximum absolute atomic E-state index is 11.9. The monoisotopic (exact) mass is 299 g/mol. The Hall–Kier alpha value is -1.87. The lowest BCUT2D eigenvalue weighted by Crippen LogP contribution is -2.03. The topological polar surface area (TPSA) is 29.1 Å². The zero-order valence-corrected chi connectivity index (χ0v) is 11.1. The molecule has 3 rings (SSSR count). The summed E-state index contributed by atoms with van der Waals surface area (Å²) in [4.78, 5) is 11.9. The predicted molar refractivity (Wildman–Crippen MR) is 77.1 cm³/mol. The van der Waals surface area contributed by atoms with Crippen LogP contribution in [0, 0.1) is 0 Å². The Morgan fingerprint density at radius 1 is 1.06 bits per heavy atom. The first-order valence-corrected chi connectivity index (χ1v) is 6.41. The van der Waals surface area contributed by atoms with Crippen molar-refractivity contribution in [1.29, 1.82) is 0 Å². The first kappa shape index (κ1) is 11.2. The van der Waals surface area contributed by atoms with Crippen molar-refractivity contribution in [2.75, 3.05) is 5.32 Å². The van der Waals surface area contributed by atoms with Gasteiger partial charge in [-0.2, -0.15) is 0 Å². The fourth-order valence-electron chi connectivity index (χ4n) is 2.05. The fourth-order valence-corrected chi connectivity index (χ4v) is 2.46. The van der Waals surface area contributed by atoms with Crippen LogP contribution in [-0.2, 0) is 4.79 Å². The second-order valence-electron chi connectivity index (χ2n) is 4.11. The number of carbonyl (C=O) groups excluding carboxylic acids is 1. The van der Waals surface area contributed by atoms with Gasteiger partial charge in [0.05, 0.1) is 0 Å². The number of hydrogen-bond donors (Lipinski definition) is 1. The molecule has 0 saturated heterocycles. The average molecular weight is 300 g/mol. The van der Waals surface area contributed by atoms with Gasteiger partial charge in [-0.05, 0) is 29.8 Å². The van der Waals surface area contributed by atoms with Crippen molar-refractivity contribution in [3.8, 4) is 0 Å². The molecule has 2 aromatic carbocycles. The van der Waals surface area contributed by atoms with Crippen molar-refractivity contribution < 1.29 is 4.79 Å². The molecule has 0 spiro atoms. The normalized spacial score (nSPS) is 15.6. The van der Waals surface area contributed by atoms with Crippen LogP contribution in [0.3, 0.4) is 0 Å². The van der Waals surface area contributed by atoms with E-state index in [1.165, 1.54) is 0 Å². The van der Waals surface area contributed by atoms with Crippen molar-refractivity contribution in [1.82, 2.24) is 0 Å². The van der Waals surface area contributed by atoms with Crippen LogP contribution in [0.2, 0.25) is 0 Å².